The van der Waals surface area contributed by atoms with Gasteiger partial charge in [-0.05, 0) is 116 Å². The van der Waals surface area contributed by atoms with Crippen molar-refractivity contribution < 1.29 is 0 Å². The van der Waals surface area contributed by atoms with Crippen LogP contribution >= 0.6 is 11.3 Å². The summed E-state index contributed by atoms with van der Waals surface area (Å²) in [6.07, 6.45) is 0. The van der Waals surface area contributed by atoms with Crippen LogP contribution in [0, 0.1) is 0 Å². The summed E-state index contributed by atoms with van der Waals surface area (Å²) in [6.45, 7) is 4.70. The number of anilines is 3. The Hall–Kier alpha value is -7.27. The second kappa shape index (κ2) is 13.9. The van der Waals surface area contributed by atoms with E-state index in [1.807, 2.05) is 11.3 Å². The molecule has 1 N–H and O–H groups in total. The van der Waals surface area contributed by atoms with Crippen molar-refractivity contribution in [1.29, 1.82) is 0 Å². The fourth-order valence-corrected chi connectivity index (χ4v) is 11.1. The molecule has 1 atom stereocenters. The number of nitrogens with one attached hydrogen (secondary N) is 1. The Morgan fingerprint density at radius 2 is 1.11 bits per heavy atom. The Balaban J connectivity index is 0.937. The number of rotatable bonds is 6. The lowest BCUT2D eigenvalue weighted by molar-refractivity contribution is 0.660. The molecule has 290 valence electrons. The maximum Gasteiger partial charge on any atom is 0.134 e. The van der Waals surface area contributed by atoms with Crippen LogP contribution in [0.3, 0.4) is 0 Å². The second-order valence-electron chi connectivity index (χ2n) is 16.8. The number of amidine groups is 1. The van der Waals surface area contributed by atoms with Gasteiger partial charge in [0.05, 0.1) is 11.7 Å². The van der Waals surface area contributed by atoms with Crippen molar-refractivity contribution in [2.75, 3.05) is 4.90 Å². The zero-order valence-electron chi connectivity index (χ0n) is 33.9. The Bertz CT molecular complexity index is 3360. The molecule has 1 aromatic heterocycles. The third-order valence-corrected chi connectivity index (χ3v) is 14.1. The van der Waals surface area contributed by atoms with Gasteiger partial charge in [-0.2, -0.15) is 0 Å². The topological polar surface area (TPSA) is 27.6 Å². The van der Waals surface area contributed by atoms with Gasteiger partial charge < -0.3 is 10.2 Å². The van der Waals surface area contributed by atoms with E-state index >= 15 is 0 Å². The lowest BCUT2D eigenvalue weighted by atomic mass is 9.82. The molecule has 1 aliphatic carbocycles. The van der Waals surface area contributed by atoms with Gasteiger partial charge in [0.15, 0.2) is 0 Å². The number of hydrogen-bond acceptors (Lipinski definition) is 4. The van der Waals surface area contributed by atoms with Crippen LogP contribution in [0.4, 0.5) is 22.7 Å². The number of para-hydroxylation sites is 1. The van der Waals surface area contributed by atoms with E-state index in [1.165, 1.54) is 75.5 Å². The summed E-state index contributed by atoms with van der Waals surface area (Å²) in [7, 11) is 0. The summed E-state index contributed by atoms with van der Waals surface area (Å²) in [5, 5.41) is 9.09. The summed E-state index contributed by atoms with van der Waals surface area (Å²) in [5.41, 5.74) is 15.5. The third-order valence-electron chi connectivity index (χ3n) is 12.9. The Morgan fingerprint density at radius 3 is 1.92 bits per heavy atom. The van der Waals surface area contributed by atoms with Crippen molar-refractivity contribution in [1.82, 2.24) is 5.32 Å². The van der Waals surface area contributed by atoms with Crippen LogP contribution in [0.15, 0.2) is 205 Å². The lowest BCUT2D eigenvalue weighted by Crippen LogP contribution is -2.32. The minimum Gasteiger partial charge on any atom is -0.359 e. The summed E-state index contributed by atoms with van der Waals surface area (Å²) in [5.74, 6) is 0.870. The number of benzene rings is 9. The fraction of sp³-hybridized carbons (Fsp3) is 0.0702. The van der Waals surface area contributed by atoms with E-state index in [2.05, 4.69) is 224 Å². The molecule has 0 radical (unpaired) electrons. The highest BCUT2D eigenvalue weighted by Gasteiger charge is 2.36. The predicted octanol–water partition coefficient (Wildman–Crippen LogP) is 15.4. The number of thiophene rings is 1. The highest BCUT2D eigenvalue weighted by molar-refractivity contribution is 7.26. The van der Waals surface area contributed by atoms with Crippen LogP contribution in [-0.4, -0.2) is 5.84 Å². The van der Waals surface area contributed by atoms with Crippen LogP contribution < -0.4 is 10.2 Å². The van der Waals surface area contributed by atoms with Crippen molar-refractivity contribution in [3.8, 4) is 22.3 Å². The highest BCUT2D eigenvalue weighted by atomic mass is 32.1. The molecule has 3 nitrogen and oxygen atoms in total. The van der Waals surface area contributed by atoms with Gasteiger partial charge >= 0.3 is 0 Å². The summed E-state index contributed by atoms with van der Waals surface area (Å²) in [4.78, 5) is 7.64. The molecule has 0 saturated carbocycles. The lowest BCUT2D eigenvalue weighted by Gasteiger charge is -2.29. The average molecular weight is 800 g/mol. The standard InChI is InChI=1S/C57H41N3S/c1-57(2)50-21-10-8-17-44(50)45-32-31-43(35-51(45)57)60(41-27-23-37(24-28-41)36-13-4-3-5-14-36)42-29-25-38(26-30-42)56-58-52-22-11-9-18-47(52)54(59-56)48-20-12-19-46-49-33-39-15-6-7-16-40(39)34-53(49)61-55(46)48/h3-35,54H,1-2H3,(H,58,59). The first kappa shape index (κ1) is 35.7. The molecule has 0 saturated heterocycles. The molecule has 2 aliphatic rings. The van der Waals surface area contributed by atoms with Crippen LogP contribution in [0.25, 0.3) is 53.2 Å². The Kier molecular flexibility index (Phi) is 8.13. The Labute approximate surface area is 359 Å². The van der Waals surface area contributed by atoms with Gasteiger partial charge in [0.1, 0.15) is 5.84 Å². The molecular weight excluding hydrogens is 759 g/mol. The van der Waals surface area contributed by atoms with Crippen molar-refractivity contribution in [3.05, 3.63) is 228 Å². The van der Waals surface area contributed by atoms with E-state index < -0.39 is 0 Å². The number of nitrogens with zero attached hydrogens (tertiary/aromatic N) is 2. The van der Waals surface area contributed by atoms with Crippen molar-refractivity contribution in [2.45, 2.75) is 25.3 Å². The fourth-order valence-electron chi connectivity index (χ4n) is 9.81. The van der Waals surface area contributed by atoms with Crippen LogP contribution in [0.5, 0.6) is 0 Å². The molecule has 2 heterocycles. The van der Waals surface area contributed by atoms with Crippen molar-refractivity contribution >= 4 is 70.9 Å². The first-order valence-electron chi connectivity index (χ1n) is 21.1. The third kappa shape index (κ3) is 5.82. The van der Waals surface area contributed by atoms with E-state index in [-0.39, 0.29) is 11.5 Å². The molecule has 1 aliphatic heterocycles. The molecular formula is C57H41N3S. The van der Waals surface area contributed by atoms with Gasteiger partial charge in [0.25, 0.3) is 0 Å². The molecule has 12 rings (SSSR count). The maximum atomic E-state index is 5.25. The van der Waals surface area contributed by atoms with Crippen molar-refractivity contribution in [2.24, 2.45) is 4.99 Å². The second-order valence-corrected chi connectivity index (χ2v) is 17.9. The predicted molar refractivity (Wildman–Crippen MR) is 259 cm³/mol. The smallest absolute Gasteiger partial charge is 0.134 e. The molecule has 0 bridgehead atoms. The minimum atomic E-state index is -0.111. The summed E-state index contributed by atoms with van der Waals surface area (Å²) >= 11 is 1.89. The molecule has 10 aromatic rings. The molecule has 1 unspecified atom stereocenters. The number of hydrogen-bond donors (Lipinski definition) is 1. The monoisotopic (exact) mass is 799 g/mol. The SMILES string of the molecule is CC1(C)c2ccccc2-c2ccc(N(c3ccc(C4=Nc5ccccc5C(c5cccc6c5sc5cc7ccccc7cc56)N4)cc3)c3ccc(-c4ccccc4)cc3)cc21. The van der Waals surface area contributed by atoms with Gasteiger partial charge in [-0.25, -0.2) is 4.99 Å². The molecule has 0 amide bonds. The van der Waals surface area contributed by atoms with E-state index in [4.69, 9.17) is 4.99 Å². The molecule has 0 fully saturated rings. The largest absolute Gasteiger partial charge is 0.359 e. The zero-order valence-corrected chi connectivity index (χ0v) is 34.7. The van der Waals surface area contributed by atoms with Crippen LogP contribution in [-0.2, 0) is 5.41 Å². The van der Waals surface area contributed by atoms with Crippen LogP contribution in [0.2, 0.25) is 0 Å². The zero-order chi connectivity index (χ0) is 40.7. The van der Waals surface area contributed by atoms with Gasteiger partial charge in [-0.15, -0.1) is 11.3 Å². The minimum absolute atomic E-state index is 0.0620. The van der Waals surface area contributed by atoms with E-state index in [1.54, 1.807) is 0 Å². The highest BCUT2D eigenvalue weighted by Crippen LogP contribution is 2.51. The van der Waals surface area contributed by atoms with Gasteiger partial charge in [0, 0.05) is 53.8 Å². The first-order chi connectivity index (χ1) is 30.0. The average Bonchev–Trinajstić information content (AvgIpc) is 3.79. The Morgan fingerprint density at radius 1 is 0.492 bits per heavy atom. The van der Waals surface area contributed by atoms with E-state index in [0.717, 1.165) is 34.1 Å². The van der Waals surface area contributed by atoms with Gasteiger partial charge in [-0.3, -0.25) is 0 Å². The summed E-state index contributed by atoms with van der Waals surface area (Å²) < 4.78 is 2.62. The normalized spacial score (nSPS) is 14.9. The number of aliphatic imine (C=N–C) groups is 1. The quantitative estimate of drug-likeness (QED) is 0.181. The van der Waals surface area contributed by atoms with E-state index in [9.17, 15) is 0 Å². The first-order valence-corrected chi connectivity index (χ1v) is 21.9. The molecule has 9 aromatic carbocycles. The van der Waals surface area contributed by atoms with Gasteiger partial charge in [0.2, 0.25) is 0 Å². The number of fused-ring (bicyclic) bond motifs is 8. The van der Waals surface area contributed by atoms with Crippen molar-refractivity contribution in [3.63, 3.8) is 0 Å². The summed E-state index contributed by atoms with van der Waals surface area (Å²) in [6, 6.07) is 73.0. The molecule has 4 heteroatoms. The molecule has 61 heavy (non-hydrogen) atoms. The van der Waals surface area contributed by atoms with E-state index in [0.29, 0.717) is 0 Å². The van der Waals surface area contributed by atoms with Gasteiger partial charge in [-0.1, -0.05) is 147 Å². The maximum absolute atomic E-state index is 5.25. The molecule has 0 spiro atoms. The van der Waals surface area contributed by atoms with Crippen LogP contribution in [0.1, 0.15) is 47.7 Å².